The third-order valence-corrected chi connectivity index (χ3v) is 2.50. The summed E-state index contributed by atoms with van der Waals surface area (Å²) in [5.74, 6) is 0.203. The summed E-state index contributed by atoms with van der Waals surface area (Å²) < 4.78 is 26.8. The number of hydrogen-bond acceptors (Lipinski definition) is 4. The average molecular weight is 236 g/mol. The van der Waals surface area contributed by atoms with Gasteiger partial charge in [0.15, 0.2) is 5.75 Å². The predicted octanol–water partition coefficient (Wildman–Crippen LogP) is 1.38. The zero-order chi connectivity index (χ0) is 11.8. The average Bonchev–Trinajstić information content (AvgIpc) is 2.58. The van der Waals surface area contributed by atoms with Gasteiger partial charge in [0, 0.05) is 17.1 Å². The van der Waals surface area contributed by atoms with Crippen molar-refractivity contribution >= 4 is 21.0 Å². The third-order valence-electron chi connectivity index (χ3n) is 2.01. The Bertz CT molecular complexity index is 680. The molecule has 1 heterocycles. The maximum atomic E-state index is 11.0. The highest BCUT2D eigenvalue weighted by Gasteiger charge is 2.10. The highest BCUT2D eigenvalue weighted by atomic mass is 32.2. The molecule has 0 saturated carbocycles. The minimum atomic E-state index is -3.56. The van der Waals surface area contributed by atoms with Crippen LogP contribution in [-0.2, 0) is 10.1 Å². The molecule has 0 saturated heterocycles. The molecule has 0 amide bonds. The van der Waals surface area contributed by atoms with Gasteiger partial charge in [-0.25, -0.2) is 0 Å². The first kappa shape index (κ1) is 10.5. The molecular weight excluding hydrogens is 228 g/mol. The van der Waals surface area contributed by atoms with Crippen LogP contribution in [0.4, 0.5) is 0 Å². The van der Waals surface area contributed by atoms with Crippen molar-refractivity contribution in [2.45, 2.75) is 0 Å². The van der Waals surface area contributed by atoms with Crippen LogP contribution in [0.1, 0.15) is 5.56 Å². The van der Waals surface area contributed by atoms with Gasteiger partial charge in [0.25, 0.3) is 0 Å². The van der Waals surface area contributed by atoms with Gasteiger partial charge in [0.1, 0.15) is 0 Å². The van der Waals surface area contributed by atoms with Gasteiger partial charge in [0.05, 0.1) is 17.9 Å². The molecule has 2 aromatic rings. The van der Waals surface area contributed by atoms with E-state index in [0.29, 0.717) is 10.9 Å². The lowest BCUT2D eigenvalue weighted by atomic mass is 10.2. The Labute approximate surface area is 92.4 Å². The van der Waals surface area contributed by atoms with E-state index < -0.39 is 10.1 Å². The van der Waals surface area contributed by atoms with Crippen molar-refractivity contribution in [3.63, 3.8) is 0 Å². The Hall–Kier alpha value is -2.00. The Morgan fingerprint density at radius 2 is 2.19 bits per heavy atom. The Morgan fingerprint density at radius 3 is 2.81 bits per heavy atom. The molecule has 0 bridgehead atoms. The smallest absolute Gasteiger partial charge is 0.306 e. The van der Waals surface area contributed by atoms with Crippen LogP contribution in [0, 0.1) is 11.3 Å². The Morgan fingerprint density at radius 1 is 1.44 bits per heavy atom. The van der Waals surface area contributed by atoms with E-state index in [-0.39, 0.29) is 5.75 Å². The second-order valence-corrected chi connectivity index (χ2v) is 4.89. The second kappa shape index (κ2) is 3.54. The molecule has 0 aliphatic carbocycles. The van der Waals surface area contributed by atoms with Crippen LogP contribution in [0.15, 0.2) is 24.4 Å². The molecule has 2 rings (SSSR count). The van der Waals surface area contributed by atoms with E-state index >= 15 is 0 Å². The van der Waals surface area contributed by atoms with Gasteiger partial charge in [-0.2, -0.15) is 13.7 Å². The first-order valence-corrected chi connectivity index (χ1v) is 6.22. The van der Waals surface area contributed by atoms with Gasteiger partial charge >= 0.3 is 10.1 Å². The van der Waals surface area contributed by atoms with Gasteiger partial charge in [0.2, 0.25) is 0 Å². The molecule has 0 fully saturated rings. The Kier molecular flexibility index (Phi) is 2.33. The maximum Gasteiger partial charge on any atom is 0.306 e. The van der Waals surface area contributed by atoms with Gasteiger partial charge in [-0.1, -0.05) is 0 Å². The van der Waals surface area contributed by atoms with Crippen LogP contribution >= 0.6 is 0 Å². The number of benzene rings is 1. The fourth-order valence-corrected chi connectivity index (χ4v) is 1.86. The molecule has 0 unspecified atom stereocenters. The summed E-state index contributed by atoms with van der Waals surface area (Å²) in [5, 5.41) is 9.31. The molecule has 6 heteroatoms. The zero-order valence-corrected chi connectivity index (χ0v) is 9.21. The molecule has 0 atom stereocenters. The number of fused-ring (bicyclic) bond motifs is 1. The van der Waals surface area contributed by atoms with E-state index in [4.69, 9.17) is 9.44 Å². The van der Waals surface area contributed by atoms with Crippen LogP contribution in [0.3, 0.4) is 0 Å². The minimum Gasteiger partial charge on any atom is -0.380 e. The van der Waals surface area contributed by atoms with Crippen molar-refractivity contribution < 1.29 is 12.6 Å². The van der Waals surface area contributed by atoms with E-state index in [0.717, 1.165) is 11.8 Å². The lowest BCUT2D eigenvalue weighted by molar-refractivity contribution is 0.495. The first-order chi connectivity index (χ1) is 7.49. The summed E-state index contributed by atoms with van der Waals surface area (Å²) in [7, 11) is -3.56. The topological polar surface area (TPSA) is 83.0 Å². The number of nitriles is 1. The van der Waals surface area contributed by atoms with E-state index in [1.165, 1.54) is 6.20 Å². The van der Waals surface area contributed by atoms with E-state index in [9.17, 15) is 8.42 Å². The number of aromatic nitrogens is 1. The lowest BCUT2D eigenvalue weighted by Gasteiger charge is -2.00. The summed E-state index contributed by atoms with van der Waals surface area (Å²) in [6.07, 6.45) is 2.42. The standard InChI is InChI=1S/C10H8N2O3S/c1-16(13,14)15-10-6-12-9-3-2-7(5-11)4-8(9)10/h2-4,6,12H,1H3. The number of H-pyrrole nitrogens is 1. The molecule has 1 aromatic carbocycles. The lowest BCUT2D eigenvalue weighted by Crippen LogP contribution is -2.05. The van der Waals surface area contributed by atoms with Crippen LogP contribution in [0.25, 0.3) is 10.9 Å². The molecule has 0 radical (unpaired) electrons. The summed E-state index contributed by atoms with van der Waals surface area (Å²) in [4.78, 5) is 2.86. The highest BCUT2D eigenvalue weighted by Crippen LogP contribution is 2.27. The first-order valence-electron chi connectivity index (χ1n) is 4.40. The van der Waals surface area contributed by atoms with Crippen molar-refractivity contribution in [2.75, 3.05) is 6.26 Å². The van der Waals surface area contributed by atoms with Crippen LogP contribution in [0.5, 0.6) is 5.75 Å². The van der Waals surface area contributed by atoms with Crippen molar-refractivity contribution in [1.29, 1.82) is 5.26 Å². The molecule has 1 aromatic heterocycles. The molecule has 0 aliphatic heterocycles. The second-order valence-electron chi connectivity index (χ2n) is 3.31. The van der Waals surface area contributed by atoms with E-state index in [2.05, 4.69) is 4.98 Å². The van der Waals surface area contributed by atoms with Crippen molar-refractivity contribution in [2.24, 2.45) is 0 Å². The van der Waals surface area contributed by atoms with E-state index in [1.54, 1.807) is 18.2 Å². The molecule has 1 N–H and O–H groups in total. The summed E-state index contributed by atoms with van der Waals surface area (Å²) in [6.45, 7) is 0. The quantitative estimate of drug-likeness (QED) is 0.798. The molecule has 82 valence electrons. The normalized spacial score (nSPS) is 11.2. The molecule has 16 heavy (non-hydrogen) atoms. The third kappa shape index (κ3) is 1.99. The van der Waals surface area contributed by atoms with Gasteiger partial charge in [-0.3, -0.25) is 0 Å². The molecule has 0 aliphatic rings. The predicted molar refractivity (Wildman–Crippen MR) is 58.5 cm³/mol. The van der Waals surface area contributed by atoms with Gasteiger partial charge < -0.3 is 9.17 Å². The molecular formula is C10H8N2O3S. The van der Waals surface area contributed by atoms with Crippen molar-refractivity contribution in [1.82, 2.24) is 4.98 Å². The number of nitrogens with zero attached hydrogens (tertiary/aromatic N) is 1. The van der Waals surface area contributed by atoms with Crippen LogP contribution < -0.4 is 4.18 Å². The summed E-state index contributed by atoms with van der Waals surface area (Å²) in [5.41, 5.74) is 1.17. The monoisotopic (exact) mass is 236 g/mol. The minimum absolute atomic E-state index is 0.203. The fourth-order valence-electron chi connectivity index (χ4n) is 1.40. The van der Waals surface area contributed by atoms with Gasteiger partial charge in [-0.15, -0.1) is 0 Å². The maximum absolute atomic E-state index is 11.0. The number of aromatic amines is 1. The van der Waals surface area contributed by atoms with Crippen molar-refractivity contribution in [3.8, 4) is 11.8 Å². The number of rotatable bonds is 2. The molecule has 0 spiro atoms. The van der Waals surface area contributed by atoms with E-state index in [1.807, 2.05) is 6.07 Å². The fraction of sp³-hybridized carbons (Fsp3) is 0.100. The summed E-state index contributed by atoms with van der Waals surface area (Å²) in [6, 6.07) is 6.90. The number of nitrogens with one attached hydrogen (secondary N) is 1. The SMILES string of the molecule is CS(=O)(=O)Oc1c[nH]c2ccc(C#N)cc12. The molecule has 5 nitrogen and oxygen atoms in total. The van der Waals surface area contributed by atoms with Crippen LogP contribution in [-0.4, -0.2) is 19.7 Å². The highest BCUT2D eigenvalue weighted by molar-refractivity contribution is 7.86. The number of hydrogen-bond donors (Lipinski definition) is 1. The van der Waals surface area contributed by atoms with Crippen LogP contribution in [0.2, 0.25) is 0 Å². The largest absolute Gasteiger partial charge is 0.380 e. The van der Waals surface area contributed by atoms with Gasteiger partial charge in [-0.05, 0) is 18.2 Å². The Balaban J connectivity index is 2.59. The van der Waals surface area contributed by atoms with Crippen molar-refractivity contribution in [3.05, 3.63) is 30.0 Å². The summed E-state index contributed by atoms with van der Waals surface area (Å²) >= 11 is 0. The zero-order valence-electron chi connectivity index (χ0n) is 8.39.